The number of ether oxygens (including phenoxy) is 1. The Morgan fingerprint density at radius 2 is 1.58 bits per heavy atom. The van der Waals surface area contributed by atoms with Gasteiger partial charge in [0, 0.05) is 5.69 Å². The topological polar surface area (TPSA) is 94.4 Å². The molecule has 1 saturated heterocycles. The van der Waals surface area contributed by atoms with Gasteiger partial charge >= 0.3 is 0 Å². The molecule has 4 aromatic carbocycles. The maximum absolute atomic E-state index is 14.6. The third-order valence-corrected chi connectivity index (χ3v) is 7.54. The normalized spacial score (nSPS) is 16.4. The van der Waals surface area contributed by atoms with E-state index in [2.05, 4.69) is 17.1 Å². The first-order valence-electron chi connectivity index (χ1n) is 13.8. The van der Waals surface area contributed by atoms with Gasteiger partial charge in [-0.2, -0.15) is 0 Å². The van der Waals surface area contributed by atoms with Gasteiger partial charge in [-0.05, 0) is 84.6 Å². The second-order valence-electron chi connectivity index (χ2n) is 10.3. The molecule has 1 fully saturated rings. The van der Waals surface area contributed by atoms with Crippen LogP contribution >= 0.6 is 0 Å². The summed E-state index contributed by atoms with van der Waals surface area (Å²) in [6.07, 6.45) is 0.357. The fraction of sp³-hybridized carbons (Fsp3) is 0.176. The van der Waals surface area contributed by atoms with E-state index in [1.54, 1.807) is 29.2 Å². The first kappa shape index (κ1) is 29.3. The van der Waals surface area contributed by atoms with Crippen LogP contribution in [0.4, 0.5) is 14.5 Å². The number of nitrogens with one attached hydrogen (secondary N) is 1. The fourth-order valence-electron chi connectivity index (χ4n) is 5.31. The molecule has 3 N–H and O–H groups in total. The molecule has 1 aliphatic heterocycles. The van der Waals surface area contributed by atoms with Crippen molar-refractivity contribution < 1.29 is 28.6 Å². The molecule has 0 spiro atoms. The van der Waals surface area contributed by atoms with Crippen molar-refractivity contribution in [3.63, 3.8) is 0 Å². The molecule has 0 aromatic heterocycles. The zero-order valence-corrected chi connectivity index (χ0v) is 23.2. The Morgan fingerprint density at radius 3 is 2.21 bits per heavy atom. The van der Waals surface area contributed by atoms with Crippen molar-refractivity contribution >= 4 is 17.3 Å². The summed E-state index contributed by atoms with van der Waals surface area (Å²) in [5.74, 6) is -1.65. The van der Waals surface area contributed by atoms with Crippen LogP contribution in [0.25, 0.3) is 0 Å². The summed E-state index contributed by atoms with van der Waals surface area (Å²) in [4.78, 5) is 16.2. The number of hydrogen-bond acceptors (Lipinski definition) is 6. The molecular formula is C34H31F2N3O4. The molecule has 2 unspecified atom stereocenters. The van der Waals surface area contributed by atoms with Crippen LogP contribution in [0.5, 0.6) is 5.75 Å². The number of nitrogens with zero attached hydrogens (tertiary/aromatic N) is 2. The number of phenols is 1. The number of oxime groups is 1. The lowest BCUT2D eigenvalue weighted by Gasteiger charge is -2.33. The van der Waals surface area contributed by atoms with Crippen molar-refractivity contribution in [2.75, 3.05) is 11.9 Å². The number of hydrogen-bond donors (Lipinski definition) is 3. The lowest BCUT2D eigenvalue weighted by atomic mass is 9.85. The fourth-order valence-corrected chi connectivity index (χ4v) is 5.31. The van der Waals surface area contributed by atoms with Crippen molar-refractivity contribution in [2.24, 2.45) is 11.1 Å². The van der Waals surface area contributed by atoms with Crippen LogP contribution in [-0.2, 0) is 9.53 Å². The number of carbonyl (C=O) groups excluding carboxylic acids is 1. The van der Waals surface area contributed by atoms with Crippen LogP contribution in [0.15, 0.2) is 121 Å². The lowest BCUT2D eigenvalue weighted by Crippen LogP contribution is -2.40. The molecule has 5 rings (SSSR count). The standard InChI is InChI=1S/C34H31F2N3O4/c1-22-39(32(21-43-22)24-5-3-2-4-6-24)34(41)30(19-20-31(38-42)23-7-11-26(35)12-8-23)33(25-9-17-29(40)18-10-25)37-28-15-13-27(36)14-16-28/h2-18,30,32-33,37,40,42H,1,19-21H2/b38-31-/t30?,32-,33?/m1/s1. The van der Waals surface area contributed by atoms with Gasteiger partial charge in [-0.3, -0.25) is 9.69 Å². The Kier molecular flexibility index (Phi) is 9.00. The van der Waals surface area contributed by atoms with E-state index in [0.29, 0.717) is 16.8 Å². The molecule has 3 atom stereocenters. The molecule has 1 aliphatic rings. The van der Waals surface area contributed by atoms with Gasteiger partial charge in [0.15, 0.2) is 5.88 Å². The minimum absolute atomic E-state index is 0.0589. The van der Waals surface area contributed by atoms with Crippen LogP contribution < -0.4 is 5.32 Å². The second kappa shape index (κ2) is 13.2. The monoisotopic (exact) mass is 583 g/mol. The zero-order valence-electron chi connectivity index (χ0n) is 23.2. The van der Waals surface area contributed by atoms with Crippen molar-refractivity contribution in [1.29, 1.82) is 0 Å². The number of anilines is 1. The summed E-state index contributed by atoms with van der Waals surface area (Å²) in [7, 11) is 0. The van der Waals surface area contributed by atoms with Crippen molar-refractivity contribution in [3.05, 3.63) is 144 Å². The van der Waals surface area contributed by atoms with Crippen LogP contribution in [0, 0.1) is 17.6 Å². The van der Waals surface area contributed by atoms with Crippen molar-refractivity contribution in [2.45, 2.75) is 24.9 Å². The minimum Gasteiger partial charge on any atom is -0.508 e. The van der Waals surface area contributed by atoms with Gasteiger partial charge in [0.1, 0.15) is 24.0 Å². The van der Waals surface area contributed by atoms with E-state index in [0.717, 1.165) is 5.56 Å². The Hall–Kier alpha value is -5.18. The largest absolute Gasteiger partial charge is 0.508 e. The van der Waals surface area contributed by atoms with Gasteiger partial charge in [-0.15, -0.1) is 0 Å². The van der Waals surface area contributed by atoms with Gasteiger partial charge in [0.05, 0.1) is 23.7 Å². The molecule has 1 heterocycles. The SMILES string of the molecule is C=C1OC[C@H](c2ccccc2)N1C(=O)C(CC/C(=N/O)c1ccc(F)cc1)C(Nc1ccc(F)cc1)c1ccc(O)cc1. The summed E-state index contributed by atoms with van der Waals surface area (Å²) in [5.41, 5.74) is 2.93. The minimum atomic E-state index is -0.795. The van der Waals surface area contributed by atoms with E-state index in [1.807, 2.05) is 30.3 Å². The predicted octanol–water partition coefficient (Wildman–Crippen LogP) is 7.17. The number of halogens is 2. The van der Waals surface area contributed by atoms with E-state index in [-0.39, 0.29) is 42.7 Å². The maximum Gasteiger partial charge on any atom is 0.235 e. The molecule has 0 aliphatic carbocycles. The highest BCUT2D eigenvalue weighted by Crippen LogP contribution is 2.39. The van der Waals surface area contributed by atoms with Crippen LogP contribution in [0.3, 0.4) is 0 Å². The van der Waals surface area contributed by atoms with E-state index in [1.165, 1.54) is 48.5 Å². The molecule has 1 amide bonds. The predicted molar refractivity (Wildman–Crippen MR) is 159 cm³/mol. The summed E-state index contributed by atoms with van der Waals surface area (Å²) in [6, 6.07) is 26.2. The van der Waals surface area contributed by atoms with Crippen molar-refractivity contribution in [3.8, 4) is 5.75 Å². The Morgan fingerprint density at radius 1 is 0.953 bits per heavy atom. The van der Waals surface area contributed by atoms with Gasteiger partial charge in [0.2, 0.25) is 5.91 Å². The molecule has 7 nitrogen and oxygen atoms in total. The number of carbonyl (C=O) groups is 1. The second-order valence-corrected chi connectivity index (χ2v) is 10.3. The number of aromatic hydroxyl groups is 1. The summed E-state index contributed by atoms with van der Waals surface area (Å²) in [6.45, 7) is 4.24. The van der Waals surface area contributed by atoms with Crippen LogP contribution in [0.2, 0.25) is 0 Å². The van der Waals surface area contributed by atoms with Gasteiger partial charge in [-0.1, -0.05) is 59.8 Å². The van der Waals surface area contributed by atoms with E-state index in [9.17, 15) is 23.9 Å². The van der Waals surface area contributed by atoms with E-state index >= 15 is 0 Å². The summed E-state index contributed by atoms with van der Waals surface area (Å²) in [5, 5.41) is 26.7. The van der Waals surface area contributed by atoms with Crippen LogP contribution in [-0.4, -0.2) is 33.4 Å². The highest BCUT2D eigenvalue weighted by molar-refractivity contribution is 6.00. The molecule has 9 heteroatoms. The number of amides is 1. The Balaban J connectivity index is 1.55. The average Bonchev–Trinajstić information content (AvgIpc) is 3.42. The molecular weight excluding hydrogens is 552 g/mol. The smallest absolute Gasteiger partial charge is 0.235 e. The molecule has 220 valence electrons. The zero-order chi connectivity index (χ0) is 30.3. The van der Waals surface area contributed by atoms with E-state index < -0.39 is 29.6 Å². The quantitative estimate of drug-likeness (QED) is 0.105. The molecule has 0 bridgehead atoms. The molecule has 4 aromatic rings. The highest BCUT2D eigenvalue weighted by Gasteiger charge is 2.41. The van der Waals surface area contributed by atoms with Gasteiger partial charge in [0.25, 0.3) is 0 Å². The molecule has 0 radical (unpaired) electrons. The Labute approximate surface area is 248 Å². The third kappa shape index (κ3) is 6.83. The van der Waals surface area contributed by atoms with Gasteiger partial charge in [-0.25, -0.2) is 8.78 Å². The van der Waals surface area contributed by atoms with Gasteiger partial charge < -0.3 is 20.4 Å². The molecule has 43 heavy (non-hydrogen) atoms. The highest BCUT2D eigenvalue weighted by atomic mass is 19.1. The average molecular weight is 584 g/mol. The number of rotatable bonds is 10. The lowest BCUT2D eigenvalue weighted by molar-refractivity contribution is -0.135. The van der Waals surface area contributed by atoms with Crippen LogP contribution in [0.1, 0.15) is 41.6 Å². The summed E-state index contributed by atoms with van der Waals surface area (Å²) < 4.78 is 33.1. The number of benzene rings is 4. The van der Waals surface area contributed by atoms with E-state index in [4.69, 9.17) is 4.74 Å². The maximum atomic E-state index is 14.6. The first-order chi connectivity index (χ1) is 20.8. The van der Waals surface area contributed by atoms with Crippen molar-refractivity contribution in [1.82, 2.24) is 4.90 Å². The molecule has 0 saturated carbocycles. The summed E-state index contributed by atoms with van der Waals surface area (Å²) >= 11 is 0. The first-order valence-corrected chi connectivity index (χ1v) is 13.8. The number of phenolic OH excluding ortho intramolecular Hbond substituents is 1. The Bertz CT molecular complexity index is 1580. The third-order valence-electron chi connectivity index (χ3n) is 7.54.